The zero-order chi connectivity index (χ0) is 19.4. The number of carboxylic acid groups (broad SMARTS) is 1. The van der Waals surface area contributed by atoms with E-state index in [4.69, 9.17) is 0 Å². The molecule has 0 aliphatic heterocycles. The highest BCUT2D eigenvalue weighted by molar-refractivity contribution is 5.91. The van der Waals surface area contributed by atoms with Crippen LogP contribution in [0.4, 0.5) is 0 Å². The van der Waals surface area contributed by atoms with Crippen LogP contribution >= 0.6 is 0 Å². The maximum Gasteiger partial charge on any atom is 0.158 e. The van der Waals surface area contributed by atoms with Crippen molar-refractivity contribution in [3.8, 4) is 0 Å². The summed E-state index contributed by atoms with van der Waals surface area (Å²) in [6.07, 6.45) is 10.4. The van der Waals surface area contributed by atoms with Crippen molar-refractivity contribution in [2.75, 3.05) is 0 Å². The van der Waals surface area contributed by atoms with Crippen molar-refractivity contribution < 1.29 is 14.7 Å². The molecule has 0 N–H and O–H groups in total. The summed E-state index contributed by atoms with van der Waals surface area (Å²) in [4.78, 5) is 22.8. The standard InChI is InChI=1S/C22H38O3/c1-7-8-16(2)13-17(3)9-11-21(23)20(6)15-19(5)14-18(4)10-12-22(24)25/h7,9,11,16-20H,1,8,10,12-15H2,2-6H3,(H,24,25)/p-1/t16-,17+,18-,19+,20+/m1/s1. The minimum atomic E-state index is -0.982. The van der Waals surface area contributed by atoms with E-state index in [9.17, 15) is 14.7 Å². The topological polar surface area (TPSA) is 57.2 Å². The van der Waals surface area contributed by atoms with E-state index in [0.29, 0.717) is 30.1 Å². The van der Waals surface area contributed by atoms with Crippen LogP contribution in [-0.4, -0.2) is 11.8 Å². The van der Waals surface area contributed by atoms with E-state index in [1.807, 2.05) is 19.1 Å². The molecule has 0 saturated carbocycles. The van der Waals surface area contributed by atoms with E-state index in [-0.39, 0.29) is 18.1 Å². The summed E-state index contributed by atoms with van der Waals surface area (Å²) >= 11 is 0. The first-order valence-corrected chi connectivity index (χ1v) is 9.68. The van der Waals surface area contributed by atoms with Crippen LogP contribution in [0.15, 0.2) is 24.8 Å². The second kappa shape index (κ2) is 12.9. The van der Waals surface area contributed by atoms with Crippen LogP contribution in [0.5, 0.6) is 0 Å². The number of carbonyl (C=O) groups is 2. The fourth-order valence-electron chi connectivity index (χ4n) is 3.50. The van der Waals surface area contributed by atoms with Gasteiger partial charge in [0.2, 0.25) is 0 Å². The van der Waals surface area contributed by atoms with Crippen LogP contribution in [0, 0.1) is 29.6 Å². The minimum absolute atomic E-state index is 0.0115. The van der Waals surface area contributed by atoms with Gasteiger partial charge < -0.3 is 9.90 Å². The zero-order valence-electron chi connectivity index (χ0n) is 16.8. The quantitative estimate of drug-likeness (QED) is 0.341. The van der Waals surface area contributed by atoms with Gasteiger partial charge in [-0.3, -0.25) is 4.79 Å². The van der Waals surface area contributed by atoms with E-state index in [1.165, 1.54) is 0 Å². The first-order chi connectivity index (χ1) is 11.6. The number of carboxylic acids is 1. The normalized spacial score (nSPS) is 17.6. The van der Waals surface area contributed by atoms with Crippen LogP contribution < -0.4 is 5.11 Å². The van der Waals surface area contributed by atoms with Crippen molar-refractivity contribution in [3.63, 3.8) is 0 Å². The highest BCUT2D eigenvalue weighted by atomic mass is 16.4. The highest BCUT2D eigenvalue weighted by Gasteiger charge is 2.17. The van der Waals surface area contributed by atoms with Crippen LogP contribution in [0.1, 0.15) is 73.1 Å². The van der Waals surface area contributed by atoms with E-state index in [2.05, 4.69) is 34.3 Å². The average Bonchev–Trinajstić information content (AvgIpc) is 2.50. The molecule has 0 aromatic heterocycles. The number of allylic oxidation sites excluding steroid dienone is 3. The molecule has 0 aliphatic rings. The van der Waals surface area contributed by atoms with E-state index in [0.717, 1.165) is 25.7 Å². The number of hydrogen-bond donors (Lipinski definition) is 0. The van der Waals surface area contributed by atoms with Crippen molar-refractivity contribution in [1.82, 2.24) is 0 Å². The fraction of sp³-hybridized carbons (Fsp3) is 0.727. The van der Waals surface area contributed by atoms with Crippen molar-refractivity contribution in [2.45, 2.75) is 73.1 Å². The number of rotatable bonds is 14. The summed E-state index contributed by atoms with van der Waals surface area (Å²) in [6.45, 7) is 14.3. The van der Waals surface area contributed by atoms with Gasteiger partial charge in [0.05, 0.1) is 0 Å². The third-order valence-corrected chi connectivity index (χ3v) is 4.82. The number of aliphatic carboxylic acids is 1. The molecule has 0 heterocycles. The predicted molar refractivity (Wildman–Crippen MR) is 103 cm³/mol. The lowest BCUT2D eigenvalue weighted by Gasteiger charge is -2.20. The number of carbonyl (C=O) groups excluding carboxylic acids is 2. The zero-order valence-corrected chi connectivity index (χ0v) is 16.8. The van der Waals surface area contributed by atoms with Gasteiger partial charge in [-0.05, 0) is 68.3 Å². The maximum absolute atomic E-state index is 12.3. The Morgan fingerprint density at radius 1 is 0.960 bits per heavy atom. The summed E-state index contributed by atoms with van der Waals surface area (Å²) in [5.41, 5.74) is 0. The minimum Gasteiger partial charge on any atom is -0.550 e. The molecule has 0 aromatic carbocycles. The molecular weight excluding hydrogens is 312 g/mol. The molecule has 25 heavy (non-hydrogen) atoms. The first-order valence-electron chi connectivity index (χ1n) is 9.68. The lowest BCUT2D eigenvalue weighted by molar-refractivity contribution is -0.306. The Balaban J connectivity index is 4.24. The molecule has 0 bridgehead atoms. The van der Waals surface area contributed by atoms with Gasteiger partial charge in [0.25, 0.3) is 0 Å². The fourth-order valence-corrected chi connectivity index (χ4v) is 3.50. The molecule has 144 valence electrons. The Labute approximate surface area is 154 Å². The predicted octanol–water partition coefficient (Wildman–Crippen LogP) is 4.57. The van der Waals surface area contributed by atoms with Crippen LogP contribution in [0.2, 0.25) is 0 Å². The Hall–Kier alpha value is -1.38. The van der Waals surface area contributed by atoms with Crippen LogP contribution in [0.25, 0.3) is 0 Å². The highest BCUT2D eigenvalue weighted by Crippen LogP contribution is 2.23. The summed E-state index contributed by atoms with van der Waals surface area (Å²) in [6, 6.07) is 0. The summed E-state index contributed by atoms with van der Waals surface area (Å²) < 4.78 is 0. The molecule has 0 fully saturated rings. The monoisotopic (exact) mass is 349 g/mol. The Bertz CT molecular complexity index is 439. The molecule has 0 unspecified atom stereocenters. The van der Waals surface area contributed by atoms with Crippen molar-refractivity contribution in [1.29, 1.82) is 0 Å². The molecule has 0 aromatic rings. The SMILES string of the molecule is C=CC[C@@H](C)C[C@@H](C)C=CC(=O)[C@@H](C)C[C@@H](C)C[C@H](C)CCC(=O)[O-]. The summed E-state index contributed by atoms with van der Waals surface area (Å²) in [5, 5.41) is 10.5. The second-order valence-electron chi connectivity index (χ2n) is 8.10. The first kappa shape index (κ1) is 23.6. The number of ketones is 1. The molecule has 3 nitrogen and oxygen atoms in total. The third kappa shape index (κ3) is 12.6. The summed E-state index contributed by atoms with van der Waals surface area (Å²) in [5.74, 6) is 0.964. The average molecular weight is 350 g/mol. The second-order valence-corrected chi connectivity index (χ2v) is 8.10. The lowest BCUT2D eigenvalue weighted by Crippen LogP contribution is -2.22. The lowest BCUT2D eigenvalue weighted by atomic mass is 9.86. The van der Waals surface area contributed by atoms with Gasteiger partial charge in [0.1, 0.15) is 0 Å². The van der Waals surface area contributed by atoms with Crippen LogP contribution in [0.3, 0.4) is 0 Å². The molecule has 3 heteroatoms. The van der Waals surface area contributed by atoms with Gasteiger partial charge in [-0.1, -0.05) is 46.8 Å². The van der Waals surface area contributed by atoms with Gasteiger partial charge in [0.15, 0.2) is 5.78 Å². The van der Waals surface area contributed by atoms with Crippen LogP contribution in [-0.2, 0) is 9.59 Å². The van der Waals surface area contributed by atoms with E-state index >= 15 is 0 Å². The van der Waals surface area contributed by atoms with Crippen molar-refractivity contribution in [2.24, 2.45) is 29.6 Å². The Morgan fingerprint density at radius 2 is 1.60 bits per heavy atom. The molecule has 0 spiro atoms. The molecule has 0 saturated heterocycles. The van der Waals surface area contributed by atoms with E-state index < -0.39 is 5.97 Å². The van der Waals surface area contributed by atoms with Crippen molar-refractivity contribution in [3.05, 3.63) is 24.8 Å². The summed E-state index contributed by atoms with van der Waals surface area (Å²) in [7, 11) is 0. The molecule has 0 rings (SSSR count). The van der Waals surface area contributed by atoms with Gasteiger partial charge in [0, 0.05) is 11.9 Å². The largest absolute Gasteiger partial charge is 0.550 e. The van der Waals surface area contributed by atoms with Gasteiger partial charge >= 0.3 is 0 Å². The van der Waals surface area contributed by atoms with Gasteiger partial charge in [-0.25, -0.2) is 0 Å². The maximum atomic E-state index is 12.3. The Kier molecular flexibility index (Phi) is 12.2. The third-order valence-electron chi connectivity index (χ3n) is 4.82. The molecule has 0 radical (unpaired) electrons. The molecular formula is C22H37O3-. The molecule has 0 amide bonds. The molecule has 0 aliphatic carbocycles. The number of hydrogen-bond acceptors (Lipinski definition) is 3. The van der Waals surface area contributed by atoms with Gasteiger partial charge in [-0.2, -0.15) is 0 Å². The smallest absolute Gasteiger partial charge is 0.158 e. The van der Waals surface area contributed by atoms with Crippen molar-refractivity contribution >= 4 is 11.8 Å². The Morgan fingerprint density at radius 3 is 2.16 bits per heavy atom. The van der Waals surface area contributed by atoms with E-state index in [1.54, 1.807) is 6.08 Å². The van der Waals surface area contributed by atoms with Gasteiger partial charge in [-0.15, -0.1) is 6.58 Å². The molecule has 5 atom stereocenters.